The summed E-state index contributed by atoms with van der Waals surface area (Å²) in [6, 6.07) is 16.5. The molecular formula is C22H19NO. The monoisotopic (exact) mass is 313 g/mol. The van der Waals surface area contributed by atoms with Crippen molar-refractivity contribution in [3.63, 3.8) is 0 Å². The van der Waals surface area contributed by atoms with E-state index in [0.29, 0.717) is 5.56 Å². The molecule has 118 valence electrons. The highest BCUT2D eigenvalue weighted by molar-refractivity contribution is 6.15. The molecule has 0 saturated heterocycles. The van der Waals surface area contributed by atoms with Crippen molar-refractivity contribution in [1.29, 1.82) is 5.26 Å². The van der Waals surface area contributed by atoms with Crippen LogP contribution in [-0.2, 0) is 5.41 Å². The number of furan rings is 1. The topological polar surface area (TPSA) is 36.9 Å². The zero-order chi connectivity index (χ0) is 17.1. The summed E-state index contributed by atoms with van der Waals surface area (Å²) >= 11 is 0. The van der Waals surface area contributed by atoms with Gasteiger partial charge in [0.2, 0.25) is 0 Å². The first-order valence-corrected chi connectivity index (χ1v) is 8.19. The molecule has 0 bridgehead atoms. The van der Waals surface area contributed by atoms with E-state index in [2.05, 4.69) is 58.0 Å². The fourth-order valence-corrected chi connectivity index (χ4v) is 3.73. The summed E-state index contributed by atoms with van der Waals surface area (Å²) in [6.07, 6.45) is 0. The second-order valence-electron chi connectivity index (χ2n) is 7.48. The van der Waals surface area contributed by atoms with Crippen LogP contribution in [0.2, 0.25) is 0 Å². The summed E-state index contributed by atoms with van der Waals surface area (Å²) in [4.78, 5) is 0. The van der Waals surface area contributed by atoms with E-state index in [-0.39, 0.29) is 5.41 Å². The number of hydrogen-bond acceptors (Lipinski definition) is 2. The quantitative estimate of drug-likeness (QED) is 0.386. The van der Waals surface area contributed by atoms with Gasteiger partial charge in [0, 0.05) is 21.7 Å². The standard InChI is InChI=1S/C22H19NO/c1-13-5-8-18-17-10-7-15-11-14(12-23)6-9-16(15)20(17)24-21(18)19(13)22(2,3)4/h5-11H,1-4H3. The lowest BCUT2D eigenvalue weighted by molar-refractivity contribution is 0.570. The third-order valence-corrected chi connectivity index (χ3v) is 4.71. The van der Waals surface area contributed by atoms with Gasteiger partial charge in [-0.1, -0.05) is 39.0 Å². The summed E-state index contributed by atoms with van der Waals surface area (Å²) in [7, 11) is 0. The Kier molecular flexibility index (Phi) is 2.99. The molecule has 0 aliphatic carbocycles. The first-order chi connectivity index (χ1) is 11.4. The van der Waals surface area contributed by atoms with Crippen LogP contribution in [0.5, 0.6) is 0 Å². The van der Waals surface area contributed by atoms with Crippen LogP contribution in [0.15, 0.2) is 46.9 Å². The molecular weight excluding hydrogens is 294 g/mol. The Hall–Kier alpha value is -2.79. The zero-order valence-electron chi connectivity index (χ0n) is 14.4. The van der Waals surface area contributed by atoms with Gasteiger partial charge in [0.05, 0.1) is 11.6 Å². The Morgan fingerprint density at radius 1 is 0.875 bits per heavy atom. The third kappa shape index (κ3) is 2.02. The SMILES string of the molecule is Cc1ccc2c(oc3c4ccc(C#N)cc4ccc23)c1C(C)(C)C. The molecule has 0 radical (unpaired) electrons. The Morgan fingerprint density at radius 2 is 1.54 bits per heavy atom. The maximum atomic E-state index is 9.11. The van der Waals surface area contributed by atoms with Crippen LogP contribution in [0, 0.1) is 18.3 Å². The first kappa shape index (κ1) is 14.8. The van der Waals surface area contributed by atoms with E-state index in [1.807, 2.05) is 18.2 Å². The highest BCUT2D eigenvalue weighted by Crippen LogP contribution is 2.40. The van der Waals surface area contributed by atoms with Gasteiger partial charge in [-0.25, -0.2) is 0 Å². The molecule has 0 fully saturated rings. The third-order valence-electron chi connectivity index (χ3n) is 4.71. The van der Waals surface area contributed by atoms with Crippen molar-refractivity contribution in [2.24, 2.45) is 0 Å². The van der Waals surface area contributed by atoms with E-state index in [0.717, 1.165) is 32.7 Å². The van der Waals surface area contributed by atoms with Crippen molar-refractivity contribution >= 4 is 32.7 Å². The molecule has 1 heterocycles. The van der Waals surface area contributed by atoms with Crippen LogP contribution < -0.4 is 0 Å². The van der Waals surface area contributed by atoms with Gasteiger partial charge in [0.25, 0.3) is 0 Å². The van der Waals surface area contributed by atoms with Gasteiger partial charge < -0.3 is 4.42 Å². The summed E-state index contributed by atoms with van der Waals surface area (Å²) in [5, 5.41) is 13.5. The van der Waals surface area contributed by atoms with Crippen LogP contribution >= 0.6 is 0 Å². The van der Waals surface area contributed by atoms with E-state index >= 15 is 0 Å². The van der Waals surface area contributed by atoms with Crippen molar-refractivity contribution in [1.82, 2.24) is 0 Å². The minimum Gasteiger partial charge on any atom is -0.455 e. The molecule has 3 aromatic carbocycles. The zero-order valence-corrected chi connectivity index (χ0v) is 14.4. The molecule has 4 rings (SSSR count). The molecule has 0 spiro atoms. The lowest BCUT2D eigenvalue weighted by atomic mass is 9.83. The lowest BCUT2D eigenvalue weighted by Crippen LogP contribution is -2.13. The Labute approximate surface area is 141 Å². The molecule has 2 nitrogen and oxygen atoms in total. The Bertz CT molecular complexity index is 1150. The van der Waals surface area contributed by atoms with Gasteiger partial charge in [-0.05, 0) is 47.6 Å². The van der Waals surface area contributed by atoms with Gasteiger partial charge in [0.1, 0.15) is 11.2 Å². The number of benzene rings is 3. The smallest absolute Gasteiger partial charge is 0.143 e. The summed E-state index contributed by atoms with van der Waals surface area (Å²) < 4.78 is 6.39. The van der Waals surface area contributed by atoms with Crippen molar-refractivity contribution in [2.45, 2.75) is 33.1 Å². The van der Waals surface area contributed by atoms with Gasteiger partial charge in [0.15, 0.2) is 0 Å². The number of aryl methyl sites for hydroxylation is 1. The van der Waals surface area contributed by atoms with Crippen LogP contribution in [0.3, 0.4) is 0 Å². The van der Waals surface area contributed by atoms with E-state index in [1.165, 1.54) is 11.1 Å². The van der Waals surface area contributed by atoms with E-state index in [4.69, 9.17) is 9.68 Å². The maximum Gasteiger partial charge on any atom is 0.143 e. The fraction of sp³-hybridized carbons (Fsp3) is 0.227. The predicted octanol–water partition coefficient (Wildman–Crippen LogP) is 6.22. The lowest BCUT2D eigenvalue weighted by Gasteiger charge is -2.21. The van der Waals surface area contributed by atoms with E-state index < -0.39 is 0 Å². The number of hydrogen-bond donors (Lipinski definition) is 0. The average Bonchev–Trinajstić information content (AvgIpc) is 2.91. The highest BCUT2D eigenvalue weighted by Gasteiger charge is 2.23. The molecule has 1 aromatic heterocycles. The Morgan fingerprint density at radius 3 is 2.25 bits per heavy atom. The minimum absolute atomic E-state index is 0.0151. The van der Waals surface area contributed by atoms with Gasteiger partial charge in [-0.2, -0.15) is 5.26 Å². The van der Waals surface area contributed by atoms with E-state index in [1.54, 1.807) is 0 Å². The molecule has 0 saturated carbocycles. The molecule has 0 unspecified atom stereocenters. The summed E-state index contributed by atoms with van der Waals surface area (Å²) in [6.45, 7) is 8.81. The molecule has 4 aromatic rings. The largest absolute Gasteiger partial charge is 0.455 e. The first-order valence-electron chi connectivity index (χ1n) is 8.19. The van der Waals surface area contributed by atoms with Gasteiger partial charge in [-0.15, -0.1) is 0 Å². The maximum absolute atomic E-state index is 9.11. The molecule has 0 N–H and O–H groups in total. The molecule has 0 amide bonds. The van der Waals surface area contributed by atoms with E-state index in [9.17, 15) is 0 Å². The van der Waals surface area contributed by atoms with Gasteiger partial charge in [-0.3, -0.25) is 0 Å². The summed E-state index contributed by atoms with van der Waals surface area (Å²) in [5.74, 6) is 0. The number of fused-ring (bicyclic) bond motifs is 5. The average molecular weight is 313 g/mol. The number of rotatable bonds is 0. The second kappa shape index (κ2) is 4.85. The predicted molar refractivity (Wildman–Crippen MR) is 99.4 cm³/mol. The molecule has 0 aliphatic heterocycles. The summed E-state index contributed by atoms with van der Waals surface area (Å²) in [5.41, 5.74) is 5.09. The molecule has 24 heavy (non-hydrogen) atoms. The fourth-order valence-electron chi connectivity index (χ4n) is 3.73. The van der Waals surface area contributed by atoms with Crippen molar-refractivity contribution in [3.05, 3.63) is 59.2 Å². The molecule has 2 heteroatoms. The van der Waals surface area contributed by atoms with Crippen molar-refractivity contribution < 1.29 is 4.42 Å². The number of nitrogens with zero attached hydrogens (tertiary/aromatic N) is 1. The number of nitriles is 1. The van der Waals surface area contributed by atoms with Crippen molar-refractivity contribution in [3.8, 4) is 6.07 Å². The van der Waals surface area contributed by atoms with Gasteiger partial charge >= 0.3 is 0 Å². The molecule has 0 atom stereocenters. The normalized spacial score (nSPS) is 12.1. The Balaban J connectivity index is 2.19. The van der Waals surface area contributed by atoms with Crippen LogP contribution in [0.1, 0.15) is 37.5 Å². The molecule has 0 aliphatic rings. The minimum atomic E-state index is 0.0151. The van der Waals surface area contributed by atoms with Crippen molar-refractivity contribution in [2.75, 3.05) is 0 Å². The van der Waals surface area contributed by atoms with Crippen LogP contribution in [0.4, 0.5) is 0 Å². The second-order valence-corrected chi connectivity index (χ2v) is 7.48. The highest BCUT2D eigenvalue weighted by atomic mass is 16.3. The van der Waals surface area contributed by atoms with Crippen LogP contribution in [0.25, 0.3) is 32.7 Å². The van der Waals surface area contributed by atoms with Crippen LogP contribution in [-0.4, -0.2) is 0 Å².